The van der Waals surface area contributed by atoms with E-state index in [0.717, 1.165) is 47.5 Å². The zero-order chi connectivity index (χ0) is 35.1. The van der Waals surface area contributed by atoms with Gasteiger partial charge >= 0.3 is 6.03 Å². The maximum absolute atomic E-state index is 14.2. The summed E-state index contributed by atoms with van der Waals surface area (Å²) in [6, 6.07) is 36.3. The minimum Gasteiger partial charge on any atom is -0.489 e. The number of anilines is 2. The highest BCUT2D eigenvalue weighted by Gasteiger charge is 2.40. The van der Waals surface area contributed by atoms with Crippen LogP contribution in [-0.4, -0.2) is 30.9 Å². The normalized spacial score (nSPS) is 19.2. The van der Waals surface area contributed by atoms with Crippen LogP contribution in [0.4, 0.5) is 16.2 Å². The van der Waals surface area contributed by atoms with E-state index in [1.54, 1.807) is 36.4 Å². The van der Waals surface area contributed by atoms with Crippen LogP contribution in [0, 0.1) is 0 Å². The van der Waals surface area contributed by atoms with Crippen LogP contribution in [0.25, 0.3) is 6.08 Å². The number of hydrogen-bond acceptors (Lipinski definition) is 5. The van der Waals surface area contributed by atoms with Gasteiger partial charge in [-0.1, -0.05) is 102 Å². The van der Waals surface area contributed by atoms with Crippen molar-refractivity contribution < 1.29 is 19.1 Å². The van der Waals surface area contributed by atoms with E-state index in [9.17, 15) is 14.4 Å². The number of nitrogens with zero attached hydrogens (tertiary/aromatic N) is 2. The Morgan fingerprint density at radius 3 is 1.92 bits per heavy atom. The van der Waals surface area contributed by atoms with Crippen molar-refractivity contribution in [3.63, 3.8) is 0 Å². The third-order valence-electron chi connectivity index (χ3n) is 9.94. The number of halogens is 2. The highest BCUT2D eigenvalue weighted by molar-refractivity contribution is 6.42. The molecule has 5 aromatic rings. The number of benzene rings is 5. The molecule has 51 heavy (non-hydrogen) atoms. The van der Waals surface area contributed by atoms with Gasteiger partial charge in [0.05, 0.1) is 15.7 Å². The number of nitrogens with one attached hydrogen (secondary N) is 1. The molecule has 3 aliphatic rings. The summed E-state index contributed by atoms with van der Waals surface area (Å²) < 4.78 is 5.90. The molecule has 0 radical (unpaired) electrons. The Hall–Kier alpha value is -5.37. The van der Waals surface area contributed by atoms with Crippen LogP contribution in [0.1, 0.15) is 58.1 Å². The van der Waals surface area contributed by atoms with Gasteiger partial charge in [0.2, 0.25) is 0 Å². The highest BCUT2D eigenvalue weighted by Crippen LogP contribution is 2.50. The van der Waals surface area contributed by atoms with Gasteiger partial charge in [-0.05, 0) is 88.7 Å². The van der Waals surface area contributed by atoms with Gasteiger partial charge in [0.1, 0.15) is 17.9 Å². The molecule has 0 aromatic heterocycles. The fourth-order valence-corrected chi connectivity index (χ4v) is 7.80. The van der Waals surface area contributed by atoms with Crippen molar-refractivity contribution >= 4 is 58.5 Å². The summed E-state index contributed by atoms with van der Waals surface area (Å²) >= 11 is 12.1. The first-order valence-corrected chi connectivity index (χ1v) is 17.7. The maximum Gasteiger partial charge on any atom is 0.335 e. The third-order valence-corrected chi connectivity index (χ3v) is 10.7. The van der Waals surface area contributed by atoms with E-state index in [4.69, 9.17) is 27.9 Å². The van der Waals surface area contributed by atoms with Crippen molar-refractivity contribution in [2.75, 3.05) is 22.9 Å². The summed E-state index contributed by atoms with van der Waals surface area (Å²) in [5.74, 6) is -0.648. The maximum atomic E-state index is 14.2. The molecule has 1 N–H and O–H groups in total. The molecule has 2 atom stereocenters. The molecule has 1 fully saturated rings. The molecule has 9 heteroatoms. The number of barbiturate groups is 1. The lowest BCUT2D eigenvalue weighted by atomic mass is 9.76. The Labute approximate surface area is 306 Å². The predicted molar refractivity (Wildman–Crippen MR) is 201 cm³/mol. The zero-order valence-corrected chi connectivity index (χ0v) is 29.0. The Morgan fingerprint density at radius 2 is 1.33 bits per heavy atom. The van der Waals surface area contributed by atoms with Gasteiger partial charge < -0.3 is 9.64 Å². The minimum atomic E-state index is -0.767. The molecular formula is C42H33Cl2N3O4. The number of carbonyl (C=O) groups excluding carboxylic acids is 3. The van der Waals surface area contributed by atoms with Gasteiger partial charge in [0.25, 0.3) is 11.8 Å². The van der Waals surface area contributed by atoms with Crippen LogP contribution >= 0.6 is 23.2 Å². The van der Waals surface area contributed by atoms with Crippen LogP contribution in [0.3, 0.4) is 0 Å². The number of urea groups is 1. The van der Waals surface area contributed by atoms with Gasteiger partial charge in [-0.15, -0.1) is 0 Å². The highest BCUT2D eigenvalue weighted by atomic mass is 35.5. The Morgan fingerprint density at radius 1 is 0.725 bits per heavy atom. The summed E-state index contributed by atoms with van der Waals surface area (Å²) in [5, 5.41) is 3.34. The van der Waals surface area contributed by atoms with E-state index in [-0.39, 0.29) is 24.0 Å². The largest absolute Gasteiger partial charge is 0.489 e. The average Bonchev–Trinajstić information content (AvgIpc) is 3.15. The average molecular weight is 715 g/mol. The lowest BCUT2D eigenvalue weighted by Crippen LogP contribution is -2.54. The summed E-state index contributed by atoms with van der Waals surface area (Å²) in [7, 11) is 0. The standard InChI is InChI=1S/C42H33Cl2N3O4/c43-37-16-13-27(22-38(37)44)25-51-31-14-11-26(12-15-31)21-36-40(48)45-42(50)47(41(36)49)30-23-34-32(28-7-3-1-4-8-28)17-19-46-20-18-33(35(24-30)39(34)46)29-9-5-2-6-10-29/h1-16,21-24,32-33H,17-20,25H2,(H,45,48,50)/b36-21+/t32-,33-/m0/s1. The number of carbonyl (C=O) groups is 3. The lowest BCUT2D eigenvalue weighted by Gasteiger charge is -2.44. The second-order valence-electron chi connectivity index (χ2n) is 13.0. The van der Waals surface area contributed by atoms with Crippen molar-refractivity contribution in [1.29, 1.82) is 0 Å². The predicted octanol–water partition coefficient (Wildman–Crippen LogP) is 9.12. The second kappa shape index (κ2) is 13.7. The molecule has 4 amide bonds. The van der Waals surface area contributed by atoms with Crippen molar-refractivity contribution in [1.82, 2.24) is 5.32 Å². The van der Waals surface area contributed by atoms with Crippen LogP contribution in [0.2, 0.25) is 10.0 Å². The molecule has 254 valence electrons. The molecule has 1 saturated heterocycles. The first-order chi connectivity index (χ1) is 24.8. The summed E-state index contributed by atoms with van der Waals surface area (Å²) in [6.07, 6.45) is 3.32. The number of ether oxygens (including phenoxy) is 1. The van der Waals surface area contributed by atoms with E-state index >= 15 is 0 Å². The summed E-state index contributed by atoms with van der Waals surface area (Å²) in [5.41, 5.74) is 7.50. The van der Waals surface area contributed by atoms with E-state index in [2.05, 4.69) is 34.5 Å². The summed E-state index contributed by atoms with van der Waals surface area (Å²) in [4.78, 5) is 44.4. The number of rotatable bonds is 7. The summed E-state index contributed by atoms with van der Waals surface area (Å²) in [6.45, 7) is 2.13. The molecular weight excluding hydrogens is 681 g/mol. The minimum absolute atomic E-state index is 0.0858. The molecule has 3 aliphatic heterocycles. The molecule has 0 spiro atoms. The van der Waals surface area contributed by atoms with Crippen LogP contribution in [0.15, 0.2) is 121 Å². The SMILES string of the molecule is O=C1NC(=O)N(c2cc3c4c(c2)[C@H](c2ccccc2)CCN4CC[C@H]3c2ccccc2)C(=O)/C1=C/c1ccc(OCc2ccc(Cl)c(Cl)c2)cc1. The van der Waals surface area contributed by atoms with E-state index in [0.29, 0.717) is 27.0 Å². The topological polar surface area (TPSA) is 79.0 Å². The molecule has 0 saturated carbocycles. The van der Waals surface area contributed by atoms with Crippen molar-refractivity contribution in [2.45, 2.75) is 31.3 Å². The monoisotopic (exact) mass is 713 g/mol. The fraction of sp³-hybridized carbons (Fsp3) is 0.167. The first kappa shape index (κ1) is 32.8. The number of amides is 4. The second-order valence-corrected chi connectivity index (χ2v) is 13.8. The van der Waals surface area contributed by atoms with Gasteiger partial charge in [-0.3, -0.25) is 14.9 Å². The van der Waals surface area contributed by atoms with Crippen molar-refractivity contribution in [3.05, 3.63) is 164 Å². The van der Waals surface area contributed by atoms with E-state index in [1.807, 2.05) is 54.6 Å². The Balaban J connectivity index is 1.14. The quantitative estimate of drug-likeness (QED) is 0.134. The zero-order valence-electron chi connectivity index (χ0n) is 27.5. The van der Waals surface area contributed by atoms with Gasteiger partial charge in [0, 0.05) is 30.6 Å². The van der Waals surface area contributed by atoms with E-state index < -0.39 is 17.8 Å². The van der Waals surface area contributed by atoms with Crippen LogP contribution in [-0.2, 0) is 16.2 Å². The Kier molecular flexibility index (Phi) is 8.84. The molecule has 0 aliphatic carbocycles. The number of hydrogen-bond donors (Lipinski definition) is 1. The lowest BCUT2D eigenvalue weighted by molar-refractivity contribution is -0.122. The molecule has 7 nitrogen and oxygen atoms in total. The molecule has 3 heterocycles. The molecule has 0 bridgehead atoms. The molecule has 8 rings (SSSR count). The molecule has 0 unspecified atom stereocenters. The number of imide groups is 2. The fourth-order valence-electron chi connectivity index (χ4n) is 7.48. The third kappa shape index (κ3) is 6.39. The Bertz CT molecular complexity index is 2120. The van der Waals surface area contributed by atoms with Crippen molar-refractivity contribution in [3.8, 4) is 5.75 Å². The van der Waals surface area contributed by atoms with Gasteiger partial charge in [0.15, 0.2) is 0 Å². The van der Waals surface area contributed by atoms with Crippen molar-refractivity contribution in [2.24, 2.45) is 0 Å². The van der Waals surface area contributed by atoms with Gasteiger partial charge in [-0.25, -0.2) is 9.69 Å². The smallest absolute Gasteiger partial charge is 0.335 e. The molecule has 5 aromatic carbocycles. The first-order valence-electron chi connectivity index (χ1n) is 16.9. The van der Waals surface area contributed by atoms with E-state index in [1.165, 1.54) is 22.9 Å². The van der Waals surface area contributed by atoms with Gasteiger partial charge in [-0.2, -0.15) is 0 Å². The van der Waals surface area contributed by atoms with Crippen LogP contribution < -0.4 is 19.9 Å². The van der Waals surface area contributed by atoms with Crippen LogP contribution in [0.5, 0.6) is 5.75 Å².